The van der Waals surface area contributed by atoms with Gasteiger partial charge in [-0.15, -0.1) is 0 Å². The molecule has 4 saturated heterocycles. The van der Waals surface area contributed by atoms with Crippen molar-refractivity contribution < 1.29 is 82.5 Å². The van der Waals surface area contributed by atoms with Crippen LogP contribution in [0.2, 0.25) is 0 Å². The lowest BCUT2D eigenvalue weighted by molar-refractivity contribution is -0.380. The lowest BCUT2D eigenvalue weighted by atomic mass is 9.94. The zero-order valence-corrected chi connectivity index (χ0v) is 31.0. The first-order chi connectivity index (χ1) is 25.8. The van der Waals surface area contributed by atoms with E-state index in [1.54, 1.807) is 27.7 Å². The van der Waals surface area contributed by atoms with E-state index in [4.69, 9.17) is 48.4 Å². The van der Waals surface area contributed by atoms with Crippen molar-refractivity contribution in [2.75, 3.05) is 20.3 Å². The summed E-state index contributed by atoms with van der Waals surface area (Å²) in [6.45, 7) is 7.16. The van der Waals surface area contributed by atoms with Crippen molar-refractivity contribution in [3.8, 4) is 0 Å². The van der Waals surface area contributed by atoms with Gasteiger partial charge in [0.25, 0.3) is 0 Å². The summed E-state index contributed by atoms with van der Waals surface area (Å²) in [5, 5.41) is 64.0. The van der Waals surface area contributed by atoms with Crippen molar-refractivity contribution in [3.63, 3.8) is 0 Å². The smallest absolute Gasteiger partial charge is 0.207 e. The van der Waals surface area contributed by atoms with Crippen LogP contribution < -0.4 is 21.7 Å². The molecule has 0 aromatic rings. The number of aliphatic hydroxyl groups excluding tert-OH is 5. The highest BCUT2D eigenvalue weighted by Crippen LogP contribution is 2.35. The summed E-state index contributed by atoms with van der Waals surface area (Å²) in [6, 6.07) is -3.02. The minimum atomic E-state index is -1.73. The van der Waals surface area contributed by atoms with E-state index >= 15 is 0 Å². The van der Waals surface area contributed by atoms with E-state index in [9.17, 15) is 39.9 Å². The third-order valence-corrected chi connectivity index (χ3v) is 10.3. The van der Waals surface area contributed by atoms with Gasteiger partial charge in [-0.2, -0.15) is 0 Å². The van der Waals surface area contributed by atoms with Crippen LogP contribution >= 0.6 is 0 Å². The fourth-order valence-corrected chi connectivity index (χ4v) is 7.30. The Hall–Kier alpha value is -2.19. The molecule has 10 N–H and O–H groups in total. The molecule has 0 aliphatic carbocycles. The van der Waals surface area contributed by atoms with Crippen LogP contribution in [0.25, 0.3) is 0 Å². The molecular weight excluding hydrogens is 724 g/mol. The van der Waals surface area contributed by atoms with Gasteiger partial charge in [0.05, 0.1) is 42.5 Å². The largest absolute Gasteiger partial charge is 0.388 e. The third-order valence-electron chi connectivity index (χ3n) is 10.3. The number of unbranched alkanes of at least 4 members (excludes halogenated alkanes) is 2. The Morgan fingerprint density at radius 3 is 1.56 bits per heavy atom. The first-order valence-electron chi connectivity index (χ1n) is 18.2. The summed E-state index contributed by atoms with van der Waals surface area (Å²) in [7, 11) is 1.31. The van der Waals surface area contributed by atoms with E-state index in [1.165, 1.54) is 7.11 Å². The van der Waals surface area contributed by atoms with Crippen LogP contribution in [-0.4, -0.2) is 188 Å². The van der Waals surface area contributed by atoms with Gasteiger partial charge in [0, 0.05) is 13.7 Å². The van der Waals surface area contributed by atoms with Gasteiger partial charge in [-0.1, -0.05) is 0 Å². The van der Waals surface area contributed by atoms with Crippen LogP contribution in [0.3, 0.4) is 0 Å². The first-order valence-corrected chi connectivity index (χ1v) is 18.2. The van der Waals surface area contributed by atoms with Crippen LogP contribution in [-0.2, 0) is 57.0 Å². The summed E-state index contributed by atoms with van der Waals surface area (Å²) in [5.74, 6) is 0. The van der Waals surface area contributed by atoms with Crippen LogP contribution in [0.5, 0.6) is 0 Å². The predicted molar refractivity (Wildman–Crippen MR) is 181 cm³/mol. The Bertz CT molecular complexity index is 1170. The zero-order valence-electron chi connectivity index (χ0n) is 31.0. The number of hydrogen-bond donors (Lipinski definition) is 9. The van der Waals surface area contributed by atoms with E-state index in [0.717, 1.165) is 12.8 Å². The monoisotopic (exact) mass is 782 g/mol. The number of amides is 3. The molecule has 20 atom stereocenters. The van der Waals surface area contributed by atoms with Gasteiger partial charge in [-0.25, -0.2) is 0 Å². The second-order valence-corrected chi connectivity index (χ2v) is 13.9. The molecule has 54 heavy (non-hydrogen) atoms. The number of carbonyl (C=O) groups excluding carboxylic acids is 3. The Balaban J connectivity index is 1.57. The number of aliphatic hydroxyl groups is 5. The first kappa shape index (κ1) is 44.5. The number of rotatable bonds is 19. The lowest BCUT2D eigenvalue weighted by Crippen LogP contribution is -2.69. The predicted octanol–water partition coefficient (Wildman–Crippen LogP) is -4.57. The molecule has 0 aromatic heterocycles. The summed E-state index contributed by atoms with van der Waals surface area (Å²) in [5.41, 5.74) is 5.54. The molecule has 0 unspecified atom stereocenters. The number of methoxy groups -OCH3 is 1. The molecule has 4 aliphatic rings. The van der Waals surface area contributed by atoms with E-state index in [1.807, 2.05) is 0 Å². The minimum absolute atomic E-state index is 0.288. The van der Waals surface area contributed by atoms with Crippen molar-refractivity contribution in [2.45, 2.75) is 170 Å². The SMILES string of the molecule is CO[C@H]1O[C@H](C)[C@@H](NC=O)[C@H](O)[C@@H]1O[C@H]1O[C@H](C)[C@@H](NC=O)[C@H](O[C@H]2O[C@H](C)[C@@H](NC=O)[C@H](O)[C@@H]2O[C@H]2O[C@H](C)[C@@H](OCCCCCN)[C@H](O)[C@@H]2O)[C@@H]1O. The molecule has 0 radical (unpaired) electrons. The topological polar surface area (TPSA) is 298 Å². The van der Waals surface area contributed by atoms with E-state index < -0.39 is 123 Å². The Kier molecular flexibility index (Phi) is 17.2. The number of hydrogen-bond acceptors (Lipinski definition) is 18. The van der Waals surface area contributed by atoms with Crippen LogP contribution in [0.15, 0.2) is 0 Å². The Morgan fingerprint density at radius 2 is 1.00 bits per heavy atom. The van der Waals surface area contributed by atoms with Gasteiger partial charge >= 0.3 is 0 Å². The van der Waals surface area contributed by atoms with Crippen molar-refractivity contribution in [2.24, 2.45) is 5.73 Å². The molecule has 312 valence electrons. The highest BCUT2D eigenvalue weighted by Gasteiger charge is 2.55. The highest BCUT2D eigenvalue weighted by molar-refractivity contribution is 5.48. The summed E-state index contributed by atoms with van der Waals surface area (Å²) in [6.07, 6.45) is -18.7. The highest BCUT2D eigenvalue weighted by atomic mass is 16.8. The van der Waals surface area contributed by atoms with Crippen molar-refractivity contribution in [3.05, 3.63) is 0 Å². The van der Waals surface area contributed by atoms with Gasteiger partial charge in [0.15, 0.2) is 25.2 Å². The molecule has 4 heterocycles. The summed E-state index contributed by atoms with van der Waals surface area (Å²) < 4.78 is 53.3. The molecule has 0 spiro atoms. The second kappa shape index (κ2) is 20.8. The Morgan fingerprint density at radius 1 is 0.537 bits per heavy atom. The maximum atomic E-state index is 11.7. The van der Waals surface area contributed by atoms with Crippen molar-refractivity contribution in [1.82, 2.24) is 16.0 Å². The average Bonchev–Trinajstić information content (AvgIpc) is 3.14. The molecule has 4 aliphatic heterocycles. The maximum absolute atomic E-state index is 11.7. The maximum Gasteiger partial charge on any atom is 0.207 e. The van der Waals surface area contributed by atoms with E-state index in [0.29, 0.717) is 32.2 Å². The van der Waals surface area contributed by atoms with Crippen LogP contribution in [0.4, 0.5) is 0 Å². The molecule has 4 rings (SSSR count). The lowest BCUT2D eigenvalue weighted by Gasteiger charge is -2.50. The number of ether oxygens (including phenoxy) is 9. The normalized spacial score (nSPS) is 45.6. The fourth-order valence-electron chi connectivity index (χ4n) is 7.30. The van der Waals surface area contributed by atoms with Gasteiger partial charge < -0.3 is 89.8 Å². The average molecular weight is 783 g/mol. The van der Waals surface area contributed by atoms with Gasteiger partial charge in [-0.05, 0) is 53.5 Å². The molecule has 0 bridgehead atoms. The number of nitrogens with one attached hydrogen (secondary N) is 3. The minimum Gasteiger partial charge on any atom is -0.388 e. The molecule has 21 heteroatoms. The van der Waals surface area contributed by atoms with Crippen molar-refractivity contribution >= 4 is 19.2 Å². The van der Waals surface area contributed by atoms with E-state index in [-0.39, 0.29) is 6.61 Å². The standard InChI is InChI=1S/C33H58N4O17/c1-14-18(35-11-38)21(41)28(32(46-5)49-14)53-31-25(45)27(20(37-13-40)16(3)48-31)52-33-29(22(42)19(36-12-39)15(2)50-33)54-30-24(44)23(43)26(17(4)51-30)47-10-8-6-7-9-34/h11-33,41-45H,6-10,34H2,1-5H3,(H,35,38)(H,36,39)(H,37,40)/t14-,15-,16-,17-,18-,19-,20-,21+,22+,23-,24+,25+,26-,27+,28+,29+,30-,31-,32+,33-/m1/s1. The Labute approximate surface area is 313 Å². The molecule has 0 saturated carbocycles. The molecule has 0 aromatic carbocycles. The van der Waals surface area contributed by atoms with E-state index in [2.05, 4.69) is 16.0 Å². The third kappa shape index (κ3) is 10.2. The van der Waals surface area contributed by atoms with Gasteiger partial charge in [0.2, 0.25) is 19.2 Å². The molecule has 3 amide bonds. The molecule has 4 fully saturated rings. The van der Waals surface area contributed by atoms with Gasteiger partial charge in [0.1, 0.15) is 54.9 Å². The molecule has 21 nitrogen and oxygen atoms in total. The zero-order chi connectivity index (χ0) is 39.7. The van der Waals surface area contributed by atoms with Crippen molar-refractivity contribution in [1.29, 1.82) is 0 Å². The summed E-state index contributed by atoms with van der Waals surface area (Å²) >= 11 is 0. The summed E-state index contributed by atoms with van der Waals surface area (Å²) in [4.78, 5) is 34.5. The van der Waals surface area contributed by atoms with Gasteiger partial charge in [-0.3, -0.25) is 14.4 Å². The quantitative estimate of drug-likeness (QED) is 0.0440. The second-order valence-electron chi connectivity index (χ2n) is 13.9. The number of carbonyl (C=O) groups is 3. The van der Waals surface area contributed by atoms with Crippen LogP contribution in [0.1, 0.15) is 47.0 Å². The molecular formula is C33H58N4O17. The number of nitrogens with two attached hydrogens (primary N) is 1. The van der Waals surface area contributed by atoms with Crippen LogP contribution in [0, 0.1) is 0 Å². The fraction of sp³-hybridized carbons (Fsp3) is 0.909.